The molecular formula is C11H14Cl2N2O. The van der Waals surface area contributed by atoms with Gasteiger partial charge in [0.25, 0.3) is 0 Å². The summed E-state index contributed by atoms with van der Waals surface area (Å²) in [4.78, 5) is 11.7. The van der Waals surface area contributed by atoms with Gasteiger partial charge in [-0.3, -0.25) is 4.79 Å². The number of carbonyl (C=O) groups excluding carboxylic acids is 1. The van der Waals surface area contributed by atoms with Crippen LogP contribution in [0.2, 0.25) is 10.0 Å². The molecule has 2 N–H and O–H groups in total. The monoisotopic (exact) mass is 260 g/mol. The quantitative estimate of drug-likeness (QED) is 0.875. The molecule has 1 atom stereocenters. The molecule has 1 aromatic carbocycles. The number of halogens is 2. The van der Waals surface area contributed by atoms with E-state index in [0.717, 1.165) is 0 Å². The molecule has 1 aromatic rings. The van der Waals surface area contributed by atoms with Gasteiger partial charge in [0.2, 0.25) is 5.91 Å². The second kappa shape index (κ2) is 6.09. The van der Waals surface area contributed by atoms with Crippen LogP contribution in [0.5, 0.6) is 0 Å². The van der Waals surface area contributed by atoms with Crippen LogP contribution in [-0.2, 0) is 4.79 Å². The highest BCUT2D eigenvalue weighted by molar-refractivity contribution is 6.36. The molecule has 0 saturated carbocycles. The Labute approximate surface area is 105 Å². The fourth-order valence-electron chi connectivity index (χ4n) is 1.25. The van der Waals surface area contributed by atoms with Crippen LogP contribution in [0, 0.1) is 5.92 Å². The lowest BCUT2D eigenvalue weighted by Crippen LogP contribution is -2.28. The number of anilines is 1. The molecule has 0 saturated heterocycles. The predicted octanol–water partition coefficient (Wildman–Crippen LogP) is 2.79. The lowest BCUT2D eigenvalue weighted by molar-refractivity contribution is -0.119. The number of nitrogens with one attached hydrogen (secondary N) is 2. The van der Waals surface area contributed by atoms with Gasteiger partial charge in [-0.1, -0.05) is 30.1 Å². The first kappa shape index (κ1) is 13.3. The van der Waals surface area contributed by atoms with Gasteiger partial charge in [0.05, 0.1) is 10.7 Å². The topological polar surface area (TPSA) is 41.1 Å². The van der Waals surface area contributed by atoms with E-state index in [2.05, 4.69) is 10.6 Å². The van der Waals surface area contributed by atoms with E-state index in [9.17, 15) is 4.79 Å². The third-order valence-electron chi connectivity index (χ3n) is 2.15. The number of benzene rings is 1. The number of hydrogen-bond donors (Lipinski definition) is 2. The van der Waals surface area contributed by atoms with E-state index < -0.39 is 0 Å². The van der Waals surface area contributed by atoms with Crippen molar-refractivity contribution in [1.29, 1.82) is 0 Å². The summed E-state index contributed by atoms with van der Waals surface area (Å²) < 4.78 is 0. The van der Waals surface area contributed by atoms with Crippen LogP contribution in [0.1, 0.15) is 6.92 Å². The summed E-state index contributed by atoms with van der Waals surface area (Å²) in [5, 5.41) is 6.69. The number of amides is 1. The van der Waals surface area contributed by atoms with Gasteiger partial charge in [-0.15, -0.1) is 0 Å². The van der Waals surface area contributed by atoms with Crippen LogP contribution in [0.4, 0.5) is 5.69 Å². The van der Waals surface area contributed by atoms with E-state index >= 15 is 0 Å². The Morgan fingerprint density at radius 3 is 2.69 bits per heavy atom. The molecule has 0 aromatic heterocycles. The highest BCUT2D eigenvalue weighted by Gasteiger charge is 2.13. The Kier molecular flexibility index (Phi) is 5.06. The maximum absolute atomic E-state index is 11.7. The van der Waals surface area contributed by atoms with Crippen LogP contribution in [0.25, 0.3) is 0 Å². The number of carbonyl (C=O) groups is 1. The van der Waals surface area contributed by atoms with Crippen molar-refractivity contribution in [3.63, 3.8) is 0 Å². The molecule has 3 nitrogen and oxygen atoms in total. The summed E-state index contributed by atoms with van der Waals surface area (Å²) in [5.41, 5.74) is 0.582. The second-order valence-corrected chi connectivity index (χ2v) is 4.42. The normalized spacial score (nSPS) is 12.2. The summed E-state index contributed by atoms with van der Waals surface area (Å²) in [6.45, 7) is 2.46. The Morgan fingerprint density at radius 1 is 1.44 bits per heavy atom. The molecule has 0 fully saturated rings. The van der Waals surface area contributed by atoms with Crippen molar-refractivity contribution in [2.75, 3.05) is 18.9 Å². The van der Waals surface area contributed by atoms with E-state index in [0.29, 0.717) is 22.3 Å². The zero-order valence-corrected chi connectivity index (χ0v) is 10.7. The molecule has 0 heterocycles. The molecule has 1 rings (SSSR count). The summed E-state index contributed by atoms with van der Waals surface area (Å²) in [5.74, 6) is -0.185. The van der Waals surface area contributed by atoms with Crippen molar-refractivity contribution >= 4 is 34.8 Å². The van der Waals surface area contributed by atoms with Crippen molar-refractivity contribution in [3.05, 3.63) is 28.2 Å². The molecule has 1 amide bonds. The Hall–Kier alpha value is -0.770. The minimum atomic E-state index is -0.114. The molecular weight excluding hydrogens is 247 g/mol. The molecule has 0 radical (unpaired) electrons. The fourth-order valence-corrected chi connectivity index (χ4v) is 1.70. The van der Waals surface area contributed by atoms with Gasteiger partial charge in [-0.25, -0.2) is 0 Å². The van der Waals surface area contributed by atoms with E-state index in [1.165, 1.54) is 0 Å². The summed E-state index contributed by atoms with van der Waals surface area (Å²) in [6.07, 6.45) is 0. The van der Waals surface area contributed by atoms with Crippen LogP contribution in [0.15, 0.2) is 18.2 Å². The maximum atomic E-state index is 11.7. The Bertz CT molecular complexity index is 382. The molecule has 0 aliphatic rings. The van der Waals surface area contributed by atoms with Crippen molar-refractivity contribution in [2.24, 2.45) is 5.92 Å². The SMILES string of the molecule is CNCC(C)C(=O)Nc1ccc(Cl)cc1Cl. The first-order valence-electron chi connectivity index (χ1n) is 4.95. The van der Waals surface area contributed by atoms with Gasteiger partial charge >= 0.3 is 0 Å². The van der Waals surface area contributed by atoms with Crippen molar-refractivity contribution in [1.82, 2.24) is 5.32 Å². The first-order chi connectivity index (χ1) is 7.54. The molecule has 16 heavy (non-hydrogen) atoms. The van der Waals surface area contributed by atoms with Crippen LogP contribution < -0.4 is 10.6 Å². The molecule has 88 valence electrons. The molecule has 0 spiro atoms. The van der Waals surface area contributed by atoms with Crippen LogP contribution in [-0.4, -0.2) is 19.5 Å². The Balaban J connectivity index is 2.69. The second-order valence-electron chi connectivity index (χ2n) is 3.57. The minimum absolute atomic E-state index is 0.0708. The van der Waals surface area contributed by atoms with Crippen molar-refractivity contribution in [2.45, 2.75) is 6.92 Å². The lowest BCUT2D eigenvalue weighted by Gasteiger charge is -2.12. The standard InChI is InChI=1S/C11H14Cl2N2O/c1-7(6-14-2)11(16)15-10-4-3-8(12)5-9(10)13/h3-5,7,14H,6H2,1-2H3,(H,15,16). The number of hydrogen-bond acceptors (Lipinski definition) is 2. The third kappa shape index (κ3) is 3.67. The number of rotatable bonds is 4. The van der Waals surface area contributed by atoms with Crippen LogP contribution >= 0.6 is 23.2 Å². The van der Waals surface area contributed by atoms with E-state index in [1.807, 2.05) is 6.92 Å². The van der Waals surface area contributed by atoms with Crippen molar-refractivity contribution < 1.29 is 4.79 Å². The third-order valence-corrected chi connectivity index (χ3v) is 2.69. The molecule has 1 unspecified atom stereocenters. The van der Waals surface area contributed by atoms with E-state index in [1.54, 1.807) is 25.2 Å². The van der Waals surface area contributed by atoms with Gasteiger partial charge in [0.1, 0.15) is 0 Å². The summed E-state index contributed by atoms with van der Waals surface area (Å²) in [6, 6.07) is 4.97. The average molecular weight is 261 g/mol. The molecule has 0 bridgehead atoms. The molecule has 5 heteroatoms. The van der Waals surface area contributed by atoms with Crippen molar-refractivity contribution in [3.8, 4) is 0 Å². The smallest absolute Gasteiger partial charge is 0.228 e. The maximum Gasteiger partial charge on any atom is 0.228 e. The molecule has 0 aliphatic heterocycles. The fraction of sp³-hybridized carbons (Fsp3) is 0.364. The summed E-state index contributed by atoms with van der Waals surface area (Å²) >= 11 is 11.7. The lowest BCUT2D eigenvalue weighted by atomic mass is 10.1. The van der Waals surface area contributed by atoms with E-state index in [-0.39, 0.29) is 11.8 Å². The first-order valence-corrected chi connectivity index (χ1v) is 5.70. The highest BCUT2D eigenvalue weighted by atomic mass is 35.5. The van der Waals surface area contributed by atoms with Gasteiger partial charge in [0.15, 0.2) is 0 Å². The van der Waals surface area contributed by atoms with Gasteiger partial charge in [-0.05, 0) is 25.2 Å². The average Bonchev–Trinajstić information content (AvgIpc) is 2.22. The zero-order valence-electron chi connectivity index (χ0n) is 9.18. The molecule has 0 aliphatic carbocycles. The van der Waals surface area contributed by atoms with Gasteiger partial charge < -0.3 is 10.6 Å². The van der Waals surface area contributed by atoms with Crippen LogP contribution in [0.3, 0.4) is 0 Å². The summed E-state index contributed by atoms with van der Waals surface area (Å²) in [7, 11) is 1.80. The van der Waals surface area contributed by atoms with E-state index in [4.69, 9.17) is 23.2 Å². The van der Waals surface area contributed by atoms with Gasteiger partial charge in [0, 0.05) is 17.5 Å². The largest absolute Gasteiger partial charge is 0.324 e. The zero-order chi connectivity index (χ0) is 12.1. The van der Waals surface area contributed by atoms with Gasteiger partial charge in [-0.2, -0.15) is 0 Å². The highest BCUT2D eigenvalue weighted by Crippen LogP contribution is 2.25. The Morgan fingerprint density at radius 2 is 2.12 bits per heavy atom. The minimum Gasteiger partial charge on any atom is -0.324 e. The predicted molar refractivity (Wildman–Crippen MR) is 68.2 cm³/mol.